The molecular formula is C17H20ClN3O4S. The average Bonchev–Trinajstić information content (AvgIpc) is 3.00. The third-order valence-corrected chi connectivity index (χ3v) is 6.34. The normalized spacial score (nSPS) is 16.5. The van der Waals surface area contributed by atoms with Gasteiger partial charge >= 0.3 is 0 Å². The van der Waals surface area contributed by atoms with E-state index >= 15 is 0 Å². The Morgan fingerprint density at radius 2 is 2.15 bits per heavy atom. The highest BCUT2D eigenvalue weighted by atomic mass is 35.5. The average molecular weight is 398 g/mol. The van der Waals surface area contributed by atoms with Crippen LogP contribution in [0.4, 0.5) is 5.69 Å². The first-order valence-electron chi connectivity index (χ1n) is 8.37. The maximum atomic E-state index is 12.4. The van der Waals surface area contributed by atoms with Gasteiger partial charge in [0.2, 0.25) is 10.0 Å². The van der Waals surface area contributed by atoms with Gasteiger partial charge in [0, 0.05) is 31.1 Å². The lowest BCUT2D eigenvalue weighted by Gasteiger charge is -2.29. The number of carbonyl (C=O) groups excluding carboxylic acids is 1. The lowest BCUT2D eigenvalue weighted by molar-refractivity contribution is 0.0954. The van der Waals surface area contributed by atoms with E-state index in [0.29, 0.717) is 42.2 Å². The molecule has 1 aliphatic rings. The van der Waals surface area contributed by atoms with Crippen LogP contribution in [0.1, 0.15) is 34.7 Å². The van der Waals surface area contributed by atoms with Gasteiger partial charge in [-0.05, 0) is 38.0 Å². The molecule has 2 aromatic rings. The number of aryl methyl sites for hydroxylation is 1. The molecule has 0 radical (unpaired) electrons. The number of benzene rings is 1. The van der Waals surface area contributed by atoms with Crippen molar-refractivity contribution in [3.05, 3.63) is 46.3 Å². The lowest BCUT2D eigenvalue weighted by atomic mass is 10.1. The Labute approximate surface area is 157 Å². The summed E-state index contributed by atoms with van der Waals surface area (Å²) in [5, 5.41) is 6.98. The van der Waals surface area contributed by atoms with Crippen molar-refractivity contribution in [1.82, 2.24) is 10.5 Å². The summed E-state index contributed by atoms with van der Waals surface area (Å²) in [5.74, 6) is 0.519. The number of nitrogens with zero attached hydrogens (tertiary/aromatic N) is 2. The van der Waals surface area contributed by atoms with E-state index in [2.05, 4.69) is 10.5 Å². The fraction of sp³-hybridized carbons (Fsp3) is 0.412. The molecule has 3 rings (SSSR count). The van der Waals surface area contributed by atoms with Crippen molar-refractivity contribution in [3.63, 3.8) is 0 Å². The van der Waals surface area contributed by atoms with Gasteiger partial charge in [-0.1, -0.05) is 16.8 Å². The van der Waals surface area contributed by atoms with Crippen molar-refractivity contribution in [2.24, 2.45) is 0 Å². The van der Waals surface area contributed by atoms with Gasteiger partial charge in [-0.3, -0.25) is 9.10 Å². The van der Waals surface area contributed by atoms with Gasteiger partial charge in [-0.25, -0.2) is 8.42 Å². The summed E-state index contributed by atoms with van der Waals surface area (Å²) in [6.07, 6.45) is 1.95. The van der Waals surface area contributed by atoms with E-state index in [1.165, 1.54) is 10.4 Å². The number of carbonyl (C=O) groups is 1. The van der Waals surface area contributed by atoms with E-state index in [-0.39, 0.29) is 11.7 Å². The molecule has 7 nitrogen and oxygen atoms in total. The van der Waals surface area contributed by atoms with Crippen molar-refractivity contribution in [3.8, 4) is 0 Å². The fourth-order valence-corrected chi connectivity index (χ4v) is 4.76. The zero-order chi connectivity index (χ0) is 18.7. The predicted molar refractivity (Wildman–Crippen MR) is 99.1 cm³/mol. The Morgan fingerprint density at radius 1 is 1.35 bits per heavy atom. The van der Waals surface area contributed by atoms with E-state index in [1.54, 1.807) is 19.1 Å². The third-order valence-electron chi connectivity index (χ3n) is 4.17. The second kappa shape index (κ2) is 7.67. The smallest absolute Gasteiger partial charge is 0.251 e. The number of halogens is 1. The molecule has 0 bridgehead atoms. The Balaban J connectivity index is 1.71. The summed E-state index contributed by atoms with van der Waals surface area (Å²) in [6.45, 7) is 2.57. The molecule has 140 valence electrons. The van der Waals surface area contributed by atoms with E-state index in [4.69, 9.17) is 16.1 Å². The summed E-state index contributed by atoms with van der Waals surface area (Å²) < 4.78 is 30.9. The Kier molecular flexibility index (Phi) is 5.52. The lowest BCUT2D eigenvalue weighted by Crippen LogP contribution is -2.38. The SMILES string of the molecule is Cc1cc(CCNC(=O)c2ccc(Cl)c(N3CCCCS3(=O)=O)c2)no1. The van der Waals surface area contributed by atoms with Crippen molar-refractivity contribution >= 4 is 33.2 Å². The van der Waals surface area contributed by atoms with Crippen LogP contribution in [0.3, 0.4) is 0 Å². The zero-order valence-corrected chi connectivity index (χ0v) is 15.9. The minimum atomic E-state index is -3.39. The number of amides is 1. The largest absolute Gasteiger partial charge is 0.361 e. The minimum Gasteiger partial charge on any atom is -0.361 e. The molecule has 1 N–H and O–H groups in total. The Morgan fingerprint density at radius 3 is 2.85 bits per heavy atom. The highest BCUT2D eigenvalue weighted by Gasteiger charge is 2.28. The standard InChI is InChI=1S/C17H20ClN3O4S/c1-12-10-14(20-25-12)6-7-19-17(22)13-4-5-15(18)16(11-13)21-8-2-3-9-26(21,23)24/h4-5,10-11H,2-3,6-9H2,1H3,(H,19,22). The van der Waals surface area contributed by atoms with Gasteiger partial charge in [0.25, 0.3) is 5.91 Å². The molecule has 1 aliphatic heterocycles. The van der Waals surface area contributed by atoms with Crippen LogP contribution >= 0.6 is 11.6 Å². The van der Waals surface area contributed by atoms with Gasteiger partial charge in [0.15, 0.2) is 0 Å². The van der Waals surface area contributed by atoms with Crippen LogP contribution in [-0.2, 0) is 16.4 Å². The Hall–Kier alpha value is -2.06. The molecule has 1 saturated heterocycles. The summed E-state index contributed by atoms with van der Waals surface area (Å²) in [6, 6.07) is 6.48. The van der Waals surface area contributed by atoms with Crippen LogP contribution in [0.5, 0.6) is 0 Å². The number of sulfonamides is 1. The molecule has 2 heterocycles. The van der Waals surface area contributed by atoms with Crippen LogP contribution in [0.15, 0.2) is 28.8 Å². The summed E-state index contributed by atoms with van der Waals surface area (Å²) in [5.41, 5.74) is 1.48. The second-order valence-electron chi connectivity index (χ2n) is 6.20. The molecule has 0 saturated carbocycles. The molecule has 0 unspecified atom stereocenters. The fourth-order valence-electron chi connectivity index (χ4n) is 2.85. The topological polar surface area (TPSA) is 92.5 Å². The monoisotopic (exact) mass is 397 g/mol. The van der Waals surface area contributed by atoms with E-state index in [1.807, 2.05) is 6.07 Å². The molecule has 0 spiro atoms. The van der Waals surface area contributed by atoms with Crippen molar-refractivity contribution < 1.29 is 17.7 Å². The number of anilines is 1. The molecule has 1 amide bonds. The van der Waals surface area contributed by atoms with Gasteiger partial charge in [0.1, 0.15) is 5.76 Å². The van der Waals surface area contributed by atoms with Crippen LogP contribution in [-0.4, -0.2) is 38.3 Å². The summed E-state index contributed by atoms with van der Waals surface area (Å²) in [4.78, 5) is 12.4. The summed E-state index contributed by atoms with van der Waals surface area (Å²) in [7, 11) is -3.39. The second-order valence-corrected chi connectivity index (χ2v) is 8.62. The maximum absolute atomic E-state index is 12.4. The van der Waals surface area contributed by atoms with E-state index < -0.39 is 10.0 Å². The van der Waals surface area contributed by atoms with Gasteiger partial charge in [-0.15, -0.1) is 0 Å². The quantitative estimate of drug-likeness (QED) is 0.836. The molecule has 0 aliphatic carbocycles. The highest BCUT2D eigenvalue weighted by molar-refractivity contribution is 7.92. The van der Waals surface area contributed by atoms with Crippen LogP contribution in [0.2, 0.25) is 5.02 Å². The molecule has 26 heavy (non-hydrogen) atoms. The molecule has 0 atom stereocenters. The van der Waals surface area contributed by atoms with Gasteiger partial charge in [-0.2, -0.15) is 0 Å². The van der Waals surface area contributed by atoms with Crippen molar-refractivity contribution in [2.75, 3.05) is 23.1 Å². The molecular weight excluding hydrogens is 378 g/mol. The number of nitrogens with one attached hydrogen (secondary N) is 1. The maximum Gasteiger partial charge on any atom is 0.251 e. The van der Waals surface area contributed by atoms with Crippen molar-refractivity contribution in [2.45, 2.75) is 26.2 Å². The van der Waals surface area contributed by atoms with Gasteiger partial charge in [0.05, 0.1) is 22.2 Å². The predicted octanol–water partition coefficient (Wildman–Crippen LogP) is 2.54. The third kappa shape index (κ3) is 4.19. The van der Waals surface area contributed by atoms with Gasteiger partial charge < -0.3 is 9.84 Å². The summed E-state index contributed by atoms with van der Waals surface area (Å²) >= 11 is 6.19. The first-order chi connectivity index (χ1) is 12.4. The van der Waals surface area contributed by atoms with E-state index in [9.17, 15) is 13.2 Å². The van der Waals surface area contributed by atoms with E-state index in [0.717, 1.165) is 17.9 Å². The molecule has 9 heteroatoms. The molecule has 1 aromatic carbocycles. The molecule has 1 fully saturated rings. The first kappa shape index (κ1) is 18.7. The van der Waals surface area contributed by atoms with Crippen LogP contribution < -0.4 is 9.62 Å². The van der Waals surface area contributed by atoms with Crippen molar-refractivity contribution in [1.29, 1.82) is 0 Å². The zero-order valence-electron chi connectivity index (χ0n) is 14.4. The number of hydrogen-bond acceptors (Lipinski definition) is 5. The molecule has 1 aromatic heterocycles. The Bertz CT molecular complexity index is 910. The number of hydrogen-bond donors (Lipinski definition) is 1. The first-order valence-corrected chi connectivity index (χ1v) is 10.4. The number of aromatic nitrogens is 1. The number of rotatable bonds is 5. The highest BCUT2D eigenvalue weighted by Crippen LogP contribution is 2.31. The minimum absolute atomic E-state index is 0.0941. The van der Waals surface area contributed by atoms with Crippen LogP contribution in [0.25, 0.3) is 0 Å². The van der Waals surface area contributed by atoms with Crippen LogP contribution in [0, 0.1) is 6.92 Å².